The second kappa shape index (κ2) is 6.39. The van der Waals surface area contributed by atoms with E-state index in [0.717, 1.165) is 33.3 Å². The lowest BCUT2D eigenvalue weighted by Gasteiger charge is -2.06. The third-order valence-corrected chi connectivity index (χ3v) is 4.87. The first kappa shape index (κ1) is 17.0. The number of pyridine rings is 1. The van der Waals surface area contributed by atoms with E-state index in [1.165, 1.54) is 0 Å². The summed E-state index contributed by atoms with van der Waals surface area (Å²) in [5.74, 6) is 0.736. The van der Waals surface area contributed by atoms with E-state index in [1.807, 2.05) is 51.4 Å². The van der Waals surface area contributed by atoms with Crippen molar-refractivity contribution in [2.45, 2.75) is 20.8 Å². The number of aromatic hydroxyl groups is 1. The molecule has 6 heteroatoms. The Labute approximate surface area is 157 Å². The van der Waals surface area contributed by atoms with Crippen LogP contribution >= 0.6 is 0 Å². The summed E-state index contributed by atoms with van der Waals surface area (Å²) >= 11 is 0. The number of fused-ring (bicyclic) bond motifs is 1. The van der Waals surface area contributed by atoms with Crippen LogP contribution in [0.4, 0.5) is 5.82 Å². The number of hydrogen-bond acceptors (Lipinski definition) is 4. The summed E-state index contributed by atoms with van der Waals surface area (Å²) in [4.78, 5) is 11.9. The van der Waals surface area contributed by atoms with Gasteiger partial charge in [-0.15, -0.1) is 0 Å². The number of nitrogens with zero attached hydrogens (tertiary/aromatic N) is 4. The molecule has 0 saturated heterocycles. The van der Waals surface area contributed by atoms with Gasteiger partial charge in [0.15, 0.2) is 11.7 Å². The summed E-state index contributed by atoms with van der Waals surface area (Å²) in [7, 11) is 1.88. The van der Waals surface area contributed by atoms with Gasteiger partial charge >= 0.3 is 0 Å². The van der Waals surface area contributed by atoms with E-state index in [0.29, 0.717) is 17.1 Å². The average molecular weight is 359 g/mol. The maximum atomic E-state index is 10.5. The summed E-state index contributed by atoms with van der Waals surface area (Å²) in [6.45, 7) is 5.92. The van der Waals surface area contributed by atoms with Crippen LogP contribution in [0.3, 0.4) is 0 Å². The largest absolute Gasteiger partial charge is 0.494 e. The molecule has 0 aliphatic carbocycles. The molecular formula is C21H21N5O. The molecule has 0 spiro atoms. The number of aryl methyl sites for hydroxylation is 3. The first-order chi connectivity index (χ1) is 12.9. The minimum Gasteiger partial charge on any atom is -0.494 e. The Morgan fingerprint density at radius 2 is 2.00 bits per heavy atom. The van der Waals surface area contributed by atoms with Crippen molar-refractivity contribution in [1.82, 2.24) is 19.7 Å². The quantitative estimate of drug-likeness (QED) is 0.531. The van der Waals surface area contributed by atoms with Crippen molar-refractivity contribution in [2.75, 3.05) is 0 Å². The van der Waals surface area contributed by atoms with Gasteiger partial charge in [-0.05, 0) is 50.1 Å². The van der Waals surface area contributed by atoms with Crippen molar-refractivity contribution in [2.24, 2.45) is 12.0 Å². The molecule has 3 aromatic heterocycles. The van der Waals surface area contributed by atoms with E-state index < -0.39 is 0 Å². The summed E-state index contributed by atoms with van der Waals surface area (Å²) in [6, 6.07) is 9.97. The molecule has 1 aromatic carbocycles. The van der Waals surface area contributed by atoms with Crippen molar-refractivity contribution >= 4 is 22.4 Å². The van der Waals surface area contributed by atoms with Crippen molar-refractivity contribution in [1.29, 1.82) is 0 Å². The van der Waals surface area contributed by atoms with Crippen LogP contribution in [0.15, 0.2) is 47.7 Å². The van der Waals surface area contributed by atoms with Gasteiger partial charge in [0.1, 0.15) is 0 Å². The van der Waals surface area contributed by atoms with Crippen molar-refractivity contribution in [3.63, 3.8) is 0 Å². The van der Waals surface area contributed by atoms with Crippen LogP contribution in [0.5, 0.6) is 5.88 Å². The Kier molecular flexibility index (Phi) is 4.03. The lowest BCUT2D eigenvalue weighted by molar-refractivity contribution is 0.457. The van der Waals surface area contributed by atoms with E-state index in [4.69, 9.17) is 0 Å². The fraction of sp³-hybridized carbons (Fsp3) is 0.190. The Morgan fingerprint density at radius 1 is 1.19 bits per heavy atom. The summed E-state index contributed by atoms with van der Waals surface area (Å²) in [6.07, 6.45) is 3.65. The highest BCUT2D eigenvalue weighted by Crippen LogP contribution is 2.33. The van der Waals surface area contributed by atoms with Gasteiger partial charge in [-0.25, -0.2) is 4.99 Å². The Morgan fingerprint density at radius 3 is 2.70 bits per heavy atom. The van der Waals surface area contributed by atoms with E-state index in [9.17, 15) is 5.11 Å². The normalized spacial score (nSPS) is 12.1. The molecule has 0 fully saturated rings. The standard InChI is InChI=1S/C21H21N5O/c1-12-7-8-22-11-17(12)15-5-6-18-16(10-15)20(21(27)24-18)14(3)23-19-9-13(2)26(4)25-19/h5-11,24,27H,1-4H3. The maximum absolute atomic E-state index is 10.5. The molecule has 2 N–H and O–H groups in total. The molecule has 0 saturated carbocycles. The zero-order valence-corrected chi connectivity index (χ0v) is 15.8. The number of aromatic nitrogens is 4. The highest BCUT2D eigenvalue weighted by Gasteiger charge is 2.15. The van der Waals surface area contributed by atoms with Gasteiger partial charge in [-0.3, -0.25) is 9.67 Å². The van der Waals surface area contributed by atoms with Crippen LogP contribution in [-0.4, -0.2) is 30.6 Å². The predicted molar refractivity (Wildman–Crippen MR) is 108 cm³/mol. The van der Waals surface area contributed by atoms with Gasteiger partial charge in [-0.1, -0.05) is 6.07 Å². The first-order valence-electron chi connectivity index (χ1n) is 8.76. The highest BCUT2D eigenvalue weighted by atomic mass is 16.3. The smallest absolute Gasteiger partial charge is 0.198 e. The monoisotopic (exact) mass is 359 g/mol. The summed E-state index contributed by atoms with van der Waals surface area (Å²) in [5, 5.41) is 15.8. The van der Waals surface area contributed by atoms with Crippen LogP contribution in [0.25, 0.3) is 22.0 Å². The number of hydrogen-bond donors (Lipinski definition) is 2. The van der Waals surface area contributed by atoms with E-state index in [1.54, 1.807) is 10.9 Å². The minimum absolute atomic E-state index is 0.110. The molecular weight excluding hydrogens is 338 g/mol. The molecule has 0 atom stereocenters. The average Bonchev–Trinajstić information content (AvgIpc) is 3.12. The van der Waals surface area contributed by atoms with E-state index in [2.05, 4.69) is 33.0 Å². The van der Waals surface area contributed by atoms with Crippen LogP contribution in [-0.2, 0) is 7.05 Å². The molecule has 4 rings (SSSR count). The molecule has 4 aromatic rings. The van der Waals surface area contributed by atoms with Crippen molar-refractivity contribution < 1.29 is 5.11 Å². The maximum Gasteiger partial charge on any atom is 0.198 e. The van der Waals surface area contributed by atoms with Gasteiger partial charge in [0.05, 0.1) is 11.3 Å². The molecule has 0 bridgehead atoms. The Bertz CT molecular complexity index is 1160. The zero-order valence-electron chi connectivity index (χ0n) is 15.8. The van der Waals surface area contributed by atoms with E-state index >= 15 is 0 Å². The summed E-state index contributed by atoms with van der Waals surface area (Å²) < 4.78 is 1.78. The number of aliphatic imine (C=N–C) groups is 1. The van der Waals surface area contributed by atoms with Gasteiger partial charge in [0, 0.05) is 47.7 Å². The molecule has 27 heavy (non-hydrogen) atoms. The Hall–Kier alpha value is -3.41. The third-order valence-electron chi connectivity index (χ3n) is 4.87. The number of nitrogens with one attached hydrogen (secondary N) is 1. The second-order valence-corrected chi connectivity index (χ2v) is 6.76. The topological polar surface area (TPSA) is 79.1 Å². The third kappa shape index (κ3) is 2.99. The fourth-order valence-electron chi connectivity index (χ4n) is 3.30. The zero-order chi connectivity index (χ0) is 19.1. The molecule has 0 amide bonds. The van der Waals surface area contributed by atoms with Crippen LogP contribution in [0.1, 0.15) is 23.7 Å². The van der Waals surface area contributed by atoms with Crippen molar-refractivity contribution in [3.05, 3.63) is 59.5 Å². The van der Waals surface area contributed by atoms with E-state index in [-0.39, 0.29) is 5.88 Å². The van der Waals surface area contributed by atoms with Crippen LogP contribution in [0, 0.1) is 13.8 Å². The molecule has 136 valence electrons. The lowest BCUT2D eigenvalue weighted by atomic mass is 9.99. The number of H-pyrrole nitrogens is 1. The number of rotatable bonds is 3. The molecule has 0 radical (unpaired) electrons. The second-order valence-electron chi connectivity index (χ2n) is 6.76. The molecule has 3 heterocycles. The van der Waals surface area contributed by atoms with Crippen LogP contribution in [0.2, 0.25) is 0 Å². The van der Waals surface area contributed by atoms with Gasteiger partial charge in [0.25, 0.3) is 0 Å². The molecule has 0 aliphatic rings. The number of benzene rings is 1. The van der Waals surface area contributed by atoms with Gasteiger partial charge in [0.2, 0.25) is 0 Å². The van der Waals surface area contributed by atoms with Gasteiger partial charge < -0.3 is 10.1 Å². The fourth-order valence-corrected chi connectivity index (χ4v) is 3.30. The Balaban J connectivity index is 1.86. The lowest BCUT2D eigenvalue weighted by Crippen LogP contribution is -1.95. The number of aromatic amines is 1. The molecule has 0 unspecified atom stereocenters. The molecule has 6 nitrogen and oxygen atoms in total. The van der Waals surface area contributed by atoms with Crippen molar-refractivity contribution in [3.8, 4) is 17.0 Å². The minimum atomic E-state index is 0.110. The predicted octanol–water partition coefficient (Wildman–Crippen LogP) is 4.43. The highest BCUT2D eigenvalue weighted by molar-refractivity contribution is 6.13. The summed E-state index contributed by atoms with van der Waals surface area (Å²) in [5.41, 5.74) is 6.56. The van der Waals surface area contributed by atoms with Crippen LogP contribution < -0.4 is 0 Å². The first-order valence-corrected chi connectivity index (χ1v) is 8.76. The van der Waals surface area contributed by atoms with Gasteiger partial charge in [-0.2, -0.15) is 5.10 Å². The SMILES string of the molecule is CC(=Nc1cc(C)n(C)n1)c1c(O)[nH]c2ccc(-c3cnccc3C)cc12. The molecule has 0 aliphatic heterocycles.